The van der Waals surface area contributed by atoms with Crippen molar-refractivity contribution in [3.05, 3.63) is 283 Å². The molecule has 0 fully saturated rings. The van der Waals surface area contributed by atoms with E-state index in [1.54, 1.807) is 0 Å². The SMILES string of the molecule is c1ccc(-c2ccc(N(c3ccc4c(c3)C(c3ccccc3)(c3ccccc3)c3ccccc3-4)c3cccc4c3-c3cc5ccccc5cc3-c3ccc(-c5ccccc5)cc3O4)cc2)cc1. The van der Waals surface area contributed by atoms with E-state index in [9.17, 15) is 0 Å². The smallest absolute Gasteiger partial charge is 0.137 e. The van der Waals surface area contributed by atoms with Crippen LogP contribution < -0.4 is 9.64 Å². The first-order valence-electron chi connectivity index (χ1n) is 23.1. The molecule has 2 nitrogen and oxygen atoms in total. The second kappa shape index (κ2) is 15.8. The molecule has 1 heterocycles. The minimum Gasteiger partial charge on any atom is -0.456 e. The number of benzene rings is 11. The van der Waals surface area contributed by atoms with Crippen molar-refractivity contribution >= 4 is 27.8 Å². The van der Waals surface area contributed by atoms with Crippen molar-refractivity contribution in [1.82, 2.24) is 0 Å². The highest BCUT2D eigenvalue weighted by Crippen LogP contribution is 2.59. The Morgan fingerprint density at radius 1 is 0.299 bits per heavy atom. The Bertz CT molecular complexity index is 3600. The van der Waals surface area contributed by atoms with Gasteiger partial charge in [0.25, 0.3) is 0 Å². The van der Waals surface area contributed by atoms with Gasteiger partial charge < -0.3 is 9.64 Å². The van der Waals surface area contributed by atoms with Crippen LogP contribution in [-0.2, 0) is 5.41 Å². The lowest BCUT2D eigenvalue weighted by Crippen LogP contribution is -2.28. The quantitative estimate of drug-likeness (QED) is 0.158. The Morgan fingerprint density at radius 3 is 1.51 bits per heavy atom. The minimum atomic E-state index is -0.562. The van der Waals surface area contributed by atoms with E-state index in [4.69, 9.17) is 4.74 Å². The van der Waals surface area contributed by atoms with Crippen molar-refractivity contribution in [2.24, 2.45) is 0 Å². The molecular weight excluding hydrogens is 811 g/mol. The van der Waals surface area contributed by atoms with Gasteiger partial charge in [0.2, 0.25) is 0 Å². The van der Waals surface area contributed by atoms with Gasteiger partial charge in [0.15, 0.2) is 0 Å². The number of hydrogen-bond acceptors (Lipinski definition) is 2. The van der Waals surface area contributed by atoms with Crippen molar-refractivity contribution in [2.45, 2.75) is 5.41 Å². The van der Waals surface area contributed by atoms with Crippen LogP contribution in [0.5, 0.6) is 11.5 Å². The molecule has 13 rings (SSSR count). The number of nitrogens with zero attached hydrogens (tertiary/aromatic N) is 1. The maximum Gasteiger partial charge on any atom is 0.137 e. The van der Waals surface area contributed by atoms with Gasteiger partial charge in [-0.15, -0.1) is 0 Å². The molecule has 2 aliphatic rings. The first kappa shape index (κ1) is 38.7. The molecular formula is C65H43NO. The summed E-state index contributed by atoms with van der Waals surface area (Å²) in [6.45, 7) is 0. The summed E-state index contributed by atoms with van der Waals surface area (Å²) >= 11 is 0. The molecule has 0 N–H and O–H groups in total. The molecule has 0 atom stereocenters. The molecule has 11 aromatic rings. The zero-order chi connectivity index (χ0) is 44.3. The summed E-state index contributed by atoms with van der Waals surface area (Å²) in [4.78, 5) is 2.45. The standard InChI is InChI=1S/C65H43NO/c1-5-18-44(19-6-1)46-32-35-52(36-33-46)66(53-37-39-55-54-28-15-16-29-59(54)65(60(55)43-53,50-24-9-3-10-25-50)51-26-11-4-12-27-51)61-30-17-31-62-64(61)58-41-48-23-14-13-22-47(48)40-57(58)56-38-34-49(42-63(56)67-62)45-20-7-2-8-21-45/h1-43H. The topological polar surface area (TPSA) is 12.5 Å². The lowest BCUT2D eigenvalue weighted by molar-refractivity contribution is 0.488. The number of rotatable bonds is 7. The van der Waals surface area contributed by atoms with E-state index in [1.807, 2.05) is 0 Å². The summed E-state index contributed by atoms with van der Waals surface area (Å²) < 4.78 is 7.25. The monoisotopic (exact) mass is 853 g/mol. The Hall–Kier alpha value is -8.72. The van der Waals surface area contributed by atoms with Gasteiger partial charge in [0.1, 0.15) is 11.5 Å². The van der Waals surface area contributed by atoms with Gasteiger partial charge in [0.05, 0.1) is 11.1 Å². The molecule has 0 saturated carbocycles. The van der Waals surface area contributed by atoms with Crippen LogP contribution in [0.2, 0.25) is 0 Å². The number of ether oxygens (including phenoxy) is 1. The van der Waals surface area contributed by atoms with E-state index in [0.717, 1.165) is 67.5 Å². The lowest BCUT2D eigenvalue weighted by atomic mass is 9.67. The third-order valence-corrected chi connectivity index (χ3v) is 13.9. The second-order valence-corrected chi connectivity index (χ2v) is 17.6. The fraction of sp³-hybridized carbons (Fsp3) is 0.0154. The molecule has 1 aliphatic carbocycles. The van der Waals surface area contributed by atoms with Gasteiger partial charge in [-0.2, -0.15) is 0 Å². The molecule has 11 aromatic carbocycles. The third kappa shape index (κ3) is 6.26. The molecule has 0 radical (unpaired) electrons. The molecule has 0 bridgehead atoms. The Kier molecular flexibility index (Phi) is 9.11. The maximum absolute atomic E-state index is 7.25. The normalized spacial score (nSPS) is 12.7. The predicted molar refractivity (Wildman–Crippen MR) is 278 cm³/mol. The predicted octanol–water partition coefficient (Wildman–Crippen LogP) is 17.4. The van der Waals surface area contributed by atoms with E-state index in [0.29, 0.717) is 0 Å². The van der Waals surface area contributed by atoms with Crippen molar-refractivity contribution in [3.8, 4) is 67.1 Å². The van der Waals surface area contributed by atoms with Crippen LogP contribution in [0.4, 0.5) is 17.1 Å². The molecule has 0 spiro atoms. The van der Waals surface area contributed by atoms with Gasteiger partial charge in [-0.05, 0) is 138 Å². The van der Waals surface area contributed by atoms with E-state index in [2.05, 4.69) is 266 Å². The number of hydrogen-bond donors (Lipinski definition) is 0. The van der Waals surface area contributed by atoms with Crippen LogP contribution in [0, 0.1) is 0 Å². The van der Waals surface area contributed by atoms with Crippen molar-refractivity contribution in [3.63, 3.8) is 0 Å². The molecule has 0 unspecified atom stereocenters. The van der Waals surface area contributed by atoms with E-state index in [1.165, 1.54) is 49.7 Å². The van der Waals surface area contributed by atoms with E-state index < -0.39 is 5.41 Å². The average molecular weight is 854 g/mol. The molecule has 0 saturated heterocycles. The third-order valence-electron chi connectivity index (χ3n) is 13.9. The van der Waals surface area contributed by atoms with Gasteiger partial charge in [-0.3, -0.25) is 0 Å². The summed E-state index contributed by atoms with van der Waals surface area (Å²) in [6, 6.07) is 95.0. The first-order valence-corrected chi connectivity index (χ1v) is 23.1. The van der Waals surface area contributed by atoms with Gasteiger partial charge in [-0.25, -0.2) is 0 Å². The number of anilines is 3. The van der Waals surface area contributed by atoms with Crippen molar-refractivity contribution < 1.29 is 4.74 Å². The van der Waals surface area contributed by atoms with Crippen molar-refractivity contribution in [2.75, 3.05) is 4.90 Å². The Labute approximate surface area is 391 Å². The molecule has 1 aliphatic heterocycles. The Morgan fingerprint density at radius 2 is 0.821 bits per heavy atom. The average Bonchev–Trinajstić information content (AvgIpc) is 3.62. The largest absolute Gasteiger partial charge is 0.456 e. The fourth-order valence-electron chi connectivity index (χ4n) is 10.9. The highest BCUT2D eigenvalue weighted by molar-refractivity contribution is 6.05. The van der Waals surface area contributed by atoms with Crippen LogP contribution >= 0.6 is 0 Å². The van der Waals surface area contributed by atoms with Gasteiger partial charge in [-0.1, -0.05) is 200 Å². The first-order chi connectivity index (χ1) is 33.2. The van der Waals surface area contributed by atoms with Gasteiger partial charge >= 0.3 is 0 Å². The highest BCUT2D eigenvalue weighted by atomic mass is 16.5. The van der Waals surface area contributed by atoms with Crippen LogP contribution in [0.1, 0.15) is 22.3 Å². The number of fused-ring (bicyclic) bond motifs is 9. The van der Waals surface area contributed by atoms with E-state index in [-0.39, 0.29) is 0 Å². The van der Waals surface area contributed by atoms with Crippen LogP contribution in [0.3, 0.4) is 0 Å². The minimum absolute atomic E-state index is 0.562. The van der Waals surface area contributed by atoms with Crippen LogP contribution in [-0.4, -0.2) is 0 Å². The zero-order valence-electron chi connectivity index (χ0n) is 36.7. The molecule has 314 valence electrons. The summed E-state index contributed by atoms with van der Waals surface area (Å²) in [5, 5.41) is 2.36. The molecule has 67 heavy (non-hydrogen) atoms. The molecule has 0 aromatic heterocycles. The van der Waals surface area contributed by atoms with Crippen LogP contribution in [0.15, 0.2) is 261 Å². The zero-order valence-corrected chi connectivity index (χ0v) is 36.7. The second-order valence-electron chi connectivity index (χ2n) is 17.6. The van der Waals surface area contributed by atoms with Gasteiger partial charge in [0, 0.05) is 22.5 Å². The lowest BCUT2D eigenvalue weighted by Gasteiger charge is -2.35. The highest BCUT2D eigenvalue weighted by Gasteiger charge is 2.46. The summed E-state index contributed by atoms with van der Waals surface area (Å²) in [5.74, 6) is 1.64. The summed E-state index contributed by atoms with van der Waals surface area (Å²) in [6.07, 6.45) is 0. The fourth-order valence-corrected chi connectivity index (χ4v) is 10.9. The van der Waals surface area contributed by atoms with Crippen molar-refractivity contribution in [1.29, 1.82) is 0 Å². The summed E-state index contributed by atoms with van der Waals surface area (Å²) in [5.41, 5.74) is 19.0. The summed E-state index contributed by atoms with van der Waals surface area (Å²) in [7, 11) is 0. The molecule has 2 heteroatoms. The van der Waals surface area contributed by atoms with E-state index >= 15 is 0 Å². The maximum atomic E-state index is 7.25. The molecule has 0 amide bonds. The van der Waals surface area contributed by atoms with Crippen LogP contribution in [0.25, 0.3) is 66.4 Å². The Balaban J connectivity index is 1.08.